The fourth-order valence-electron chi connectivity index (χ4n) is 2.89. The molecule has 144 valence electrons. The number of benzene rings is 1. The molecule has 0 spiro atoms. The van der Waals surface area contributed by atoms with Gasteiger partial charge in [0.05, 0.1) is 11.8 Å². The van der Waals surface area contributed by atoms with Crippen LogP contribution in [0.15, 0.2) is 24.7 Å². The minimum absolute atomic E-state index is 0.0182. The van der Waals surface area contributed by atoms with Gasteiger partial charge in [-0.3, -0.25) is 9.09 Å². The van der Waals surface area contributed by atoms with E-state index in [4.69, 9.17) is 10.3 Å². The molecule has 27 heavy (non-hydrogen) atoms. The van der Waals surface area contributed by atoms with E-state index in [-0.39, 0.29) is 22.8 Å². The predicted molar refractivity (Wildman–Crippen MR) is 94.8 cm³/mol. The minimum atomic E-state index is -3.15. The van der Waals surface area contributed by atoms with Crippen molar-refractivity contribution in [3.05, 3.63) is 46.2 Å². The lowest BCUT2D eigenvalue weighted by atomic mass is 10.1. The molecule has 1 atom stereocenters. The van der Waals surface area contributed by atoms with Gasteiger partial charge in [-0.05, 0) is 17.9 Å². The average molecular weight is 396 g/mol. The van der Waals surface area contributed by atoms with E-state index < -0.39 is 24.5 Å². The van der Waals surface area contributed by atoms with Crippen molar-refractivity contribution < 1.29 is 18.4 Å². The Morgan fingerprint density at radius 2 is 1.96 bits per heavy atom. The van der Waals surface area contributed by atoms with E-state index >= 15 is 0 Å². The van der Waals surface area contributed by atoms with Gasteiger partial charge in [0.15, 0.2) is 12.0 Å². The van der Waals surface area contributed by atoms with Crippen molar-refractivity contribution in [3.63, 3.8) is 0 Å². The van der Waals surface area contributed by atoms with Crippen LogP contribution in [-0.2, 0) is 9.09 Å². The average Bonchev–Trinajstić information content (AvgIpc) is 3.51. The van der Waals surface area contributed by atoms with Crippen molar-refractivity contribution in [3.8, 4) is 5.69 Å². The number of halogens is 1. The fourth-order valence-corrected chi connectivity index (χ4v) is 5.23. The number of anilines is 1. The van der Waals surface area contributed by atoms with Gasteiger partial charge in [-0.1, -0.05) is 0 Å². The lowest BCUT2D eigenvalue weighted by Gasteiger charge is -2.24. The van der Waals surface area contributed by atoms with E-state index in [2.05, 4.69) is 4.98 Å². The zero-order valence-electron chi connectivity index (χ0n) is 14.5. The third kappa shape index (κ3) is 3.23. The number of nitro groups is 1. The number of nitrogens with two attached hydrogens (primary N) is 1. The highest BCUT2D eigenvalue weighted by atomic mass is 31.2. The topological polar surface area (TPSA) is 119 Å². The summed E-state index contributed by atoms with van der Waals surface area (Å²) >= 11 is 0. The molecule has 1 aromatic heterocycles. The lowest BCUT2D eigenvalue weighted by Crippen LogP contribution is -2.12. The number of aromatic nitrogens is 2. The summed E-state index contributed by atoms with van der Waals surface area (Å²) in [4.78, 5) is 14.3. The highest BCUT2D eigenvalue weighted by Gasteiger charge is 2.50. The van der Waals surface area contributed by atoms with Gasteiger partial charge in [-0.25, -0.2) is 18.7 Å². The molecule has 2 saturated heterocycles. The van der Waals surface area contributed by atoms with Crippen molar-refractivity contribution in [2.45, 2.75) is 13.0 Å². The number of nitrogens with zero attached hydrogens (tertiary/aromatic N) is 5. The number of hydrogen-bond donors (Lipinski definition) is 1. The summed E-state index contributed by atoms with van der Waals surface area (Å²) in [6, 6.07) is 2.45. The zero-order valence-corrected chi connectivity index (χ0v) is 15.4. The molecule has 2 aliphatic rings. The Morgan fingerprint density at radius 1 is 1.33 bits per heavy atom. The fraction of sp³-hybridized carbons (Fsp3) is 0.400. The molecular weight excluding hydrogens is 378 g/mol. The molecule has 0 saturated carbocycles. The van der Waals surface area contributed by atoms with Crippen LogP contribution in [-0.4, -0.2) is 50.0 Å². The van der Waals surface area contributed by atoms with Crippen LogP contribution >= 0.6 is 7.67 Å². The van der Waals surface area contributed by atoms with Gasteiger partial charge in [-0.15, -0.1) is 0 Å². The van der Waals surface area contributed by atoms with Crippen LogP contribution in [0.4, 0.5) is 15.9 Å². The standard InChI is InChI=1S/C15H18FN6O4P/c1-10(26-27(25,19-2-3-19)20-4-5-20)11-6-14(13(17)7-12(11)16)21-9-18-8-15(21)22(23)24/h6-10H,2-5,17H2,1H3. The molecule has 2 N–H and O–H groups in total. The molecule has 0 aliphatic carbocycles. The molecule has 2 aliphatic heterocycles. The molecule has 0 amide bonds. The van der Waals surface area contributed by atoms with Gasteiger partial charge in [-0.2, -0.15) is 4.57 Å². The minimum Gasteiger partial charge on any atom is -0.395 e. The van der Waals surface area contributed by atoms with Crippen molar-refractivity contribution in [1.29, 1.82) is 0 Å². The summed E-state index contributed by atoms with van der Waals surface area (Å²) in [6.45, 7) is 4.31. The molecule has 4 rings (SSSR count). The molecular formula is C15H18FN6O4P. The van der Waals surface area contributed by atoms with Crippen LogP contribution in [0.1, 0.15) is 18.6 Å². The van der Waals surface area contributed by atoms with Crippen LogP contribution in [0.3, 0.4) is 0 Å². The Bertz CT molecular complexity index is 942. The molecule has 1 aromatic carbocycles. The third-order valence-electron chi connectivity index (χ3n) is 4.51. The monoisotopic (exact) mass is 396 g/mol. The Labute approximate surface area is 154 Å². The number of nitrogen functional groups attached to an aromatic ring is 1. The van der Waals surface area contributed by atoms with Crippen LogP contribution in [0, 0.1) is 15.9 Å². The van der Waals surface area contributed by atoms with E-state index in [1.54, 1.807) is 16.3 Å². The van der Waals surface area contributed by atoms with Gasteiger partial charge >= 0.3 is 13.5 Å². The third-order valence-corrected chi connectivity index (χ3v) is 7.33. The first-order valence-electron chi connectivity index (χ1n) is 8.36. The van der Waals surface area contributed by atoms with E-state index in [1.807, 2.05) is 0 Å². The molecule has 12 heteroatoms. The van der Waals surface area contributed by atoms with Crippen molar-refractivity contribution >= 4 is 19.2 Å². The smallest absolute Gasteiger partial charge is 0.347 e. The molecule has 0 radical (unpaired) electrons. The van der Waals surface area contributed by atoms with E-state index in [1.165, 1.54) is 17.0 Å². The molecule has 10 nitrogen and oxygen atoms in total. The summed E-state index contributed by atoms with van der Waals surface area (Å²) in [5, 5.41) is 11.2. The van der Waals surface area contributed by atoms with Gasteiger partial charge < -0.3 is 15.8 Å². The van der Waals surface area contributed by atoms with Crippen LogP contribution in [0.2, 0.25) is 0 Å². The summed E-state index contributed by atoms with van der Waals surface area (Å²) < 4.78 is 38.1. The first kappa shape index (κ1) is 18.1. The molecule has 0 bridgehead atoms. The van der Waals surface area contributed by atoms with Gasteiger partial charge in [0, 0.05) is 37.8 Å². The normalized spacial score (nSPS) is 18.4. The van der Waals surface area contributed by atoms with Gasteiger partial charge in [0.2, 0.25) is 0 Å². The van der Waals surface area contributed by atoms with Crippen LogP contribution < -0.4 is 5.73 Å². The second-order valence-corrected chi connectivity index (χ2v) is 8.78. The Kier molecular flexibility index (Phi) is 4.26. The number of hydrogen-bond acceptors (Lipinski definition) is 6. The first-order valence-corrected chi connectivity index (χ1v) is 9.89. The second-order valence-electron chi connectivity index (χ2n) is 6.46. The summed E-state index contributed by atoms with van der Waals surface area (Å²) in [6.07, 6.45) is 1.48. The molecule has 2 fully saturated rings. The maximum absolute atomic E-state index is 14.6. The van der Waals surface area contributed by atoms with Crippen LogP contribution in [0.25, 0.3) is 5.69 Å². The van der Waals surface area contributed by atoms with Gasteiger partial charge in [0.1, 0.15) is 12.0 Å². The van der Waals surface area contributed by atoms with Gasteiger partial charge in [0.25, 0.3) is 0 Å². The zero-order chi connectivity index (χ0) is 19.3. The largest absolute Gasteiger partial charge is 0.395 e. The van der Waals surface area contributed by atoms with Crippen LogP contribution in [0.5, 0.6) is 0 Å². The maximum atomic E-state index is 14.6. The summed E-state index contributed by atoms with van der Waals surface area (Å²) in [7, 11) is -3.15. The highest BCUT2D eigenvalue weighted by Crippen LogP contribution is 2.63. The highest BCUT2D eigenvalue weighted by molar-refractivity contribution is 7.54. The Hall–Kier alpha value is -2.33. The SMILES string of the molecule is CC(OP(=O)(N1CC1)N1CC1)c1cc(-n2cncc2[N+](=O)[O-])c(N)cc1F. The Morgan fingerprint density at radius 3 is 2.52 bits per heavy atom. The van der Waals surface area contributed by atoms with E-state index in [0.717, 1.165) is 12.3 Å². The lowest BCUT2D eigenvalue weighted by molar-refractivity contribution is -0.391. The summed E-state index contributed by atoms with van der Waals surface area (Å²) in [5.41, 5.74) is 6.21. The van der Waals surface area contributed by atoms with E-state index in [9.17, 15) is 19.1 Å². The van der Waals surface area contributed by atoms with Crippen molar-refractivity contribution in [2.75, 3.05) is 31.9 Å². The molecule has 2 aromatic rings. The van der Waals surface area contributed by atoms with E-state index in [0.29, 0.717) is 26.2 Å². The quantitative estimate of drug-likeness (QED) is 0.249. The summed E-state index contributed by atoms with van der Waals surface area (Å²) in [5.74, 6) is -0.929. The Balaban J connectivity index is 1.69. The number of imidazole rings is 1. The predicted octanol–water partition coefficient (Wildman–Crippen LogP) is 2.32. The van der Waals surface area contributed by atoms with Crippen molar-refractivity contribution in [1.82, 2.24) is 18.9 Å². The first-order chi connectivity index (χ1) is 12.8. The van der Waals surface area contributed by atoms with Crippen molar-refractivity contribution in [2.24, 2.45) is 0 Å². The number of rotatable bonds is 7. The second kappa shape index (κ2) is 6.38. The molecule has 1 unspecified atom stereocenters. The maximum Gasteiger partial charge on any atom is 0.347 e. The molecule has 3 heterocycles.